The summed E-state index contributed by atoms with van der Waals surface area (Å²) in [6.07, 6.45) is 6.63. The second-order valence-corrected chi connectivity index (χ2v) is 5.92. The van der Waals surface area contributed by atoms with E-state index in [0.717, 1.165) is 6.54 Å². The quantitative estimate of drug-likeness (QED) is 0.828. The summed E-state index contributed by atoms with van der Waals surface area (Å²) in [5, 5.41) is 4.98. The summed E-state index contributed by atoms with van der Waals surface area (Å²) in [6.45, 7) is 1.10. The van der Waals surface area contributed by atoms with E-state index in [0.29, 0.717) is 12.0 Å². The van der Waals surface area contributed by atoms with Gasteiger partial charge in [0, 0.05) is 12.2 Å². The van der Waals surface area contributed by atoms with Crippen molar-refractivity contribution in [2.75, 3.05) is 12.8 Å². The molecule has 1 fully saturated rings. The van der Waals surface area contributed by atoms with Crippen LogP contribution in [0.4, 0.5) is 0 Å². The van der Waals surface area contributed by atoms with Crippen molar-refractivity contribution in [1.82, 2.24) is 10.3 Å². The highest BCUT2D eigenvalue weighted by Gasteiger charge is 2.25. The fourth-order valence-corrected chi connectivity index (χ4v) is 3.66. The fourth-order valence-electron chi connectivity index (χ4n) is 3.00. The number of aromatic nitrogens is 1. The summed E-state index contributed by atoms with van der Waals surface area (Å²) >= 11 is 1.82. The van der Waals surface area contributed by atoms with Gasteiger partial charge < -0.3 is 10.3 Å². The van der Waals surface area contributed by atoms with Gasteiger partial charge in [-0.25, -0.2) is 0 Å². The number of rotatable bonds is 3. The lowest BCUT2D eigenvalue weighted by atomic mass is 9.85. The maximum Gasteiger partial charge on any atom is 0.0754 e. The Labute approximate surface area is 119 Å². The average molecular weight is 272 g/mol. The molecule has 2 unspecified atom stereocenters. The number of H-pyrrole nitrogens is 1. The van der Waals surface area contributed by atoms with Gasteiger partial charge in [0.2, 0.25) is 0 Å². The Morgan fingerprint density at radius 2 is 2.00 bits per heavy atom. The van der Waals surface area contributed by atoms with Crippen LogP contribution in [0.5, 0.6) is 0 Å². The van der Waals surface area contributed by atoms with Gasteiger partial charge in [-0.2, -0.15) is 0 Å². The number of hydrogen-bond acceptors (Lipinski definition) is 2. The van der Waals surface area contributed by atoms with Gasteiger partial charge >= 0.3 is 0 Å². The molecular formula is C16H20N2S. The predicted octanol–water partition coefficient (Wildman–Crippen LogP) is 3.94. The highest BCUT2D eigenvalue weighted by molar-refractivity contribution is 7.98. The van der Waals surface area contributed by atoms with E-state index < -0.39 is 0 Å². The normalized spacial score (nSPS) is 23.4. The lowest BCUT2D eigenvalue weighted by Crippen LogP contribution is -2.30. The molecule has 2 N–H and O–H groups in total. The topological polar surface area (TPSA) is 27.8 Å². The molecule has 1 saturated heterocycles. The minimum absolute atomic E-state index is 0.490. The van der Waals surface area contributed by atoms with Crippen LogP contribution in [-0.2, 0) is 0 Å². The molecule has 2 heterocycles. The Hall–Kier alpha value is -1.19. The monoisotopic (exact) mass is 272 g/mol. The van der Waals surface area contributed by atoms with Crippen molar-refractivity contribution in [3.8, 4) is 0 Å². The number of thioether (sulfide) groups is 1. The van der Waals surface area contributed by atoms with E-state index in [1.165, 1.54) is 29.0 Å². The summed E-state index contributed by atoms with van der Waals surface area (Å²) in [5.74, 6) is 0.667. The number of hydrogen-bond donors (Lipinski definition) is 2. The molecule has 2 nitrogen and oxygen atoms in total. The second kappa shape index (κ2) is 5.85. The lowest BCUT2D eigenvalue weighted by Gasteiger charge is -2.31. The van der Waals surface area contributed by atoms with Crippen LogP contribution in [0.1, 0.15) is 35.9 Å². The molecule has 1 aromatic carbocycles. The van der Waals surface area contributed by atoms with Crippen molar-refractivity contribution in [3.63, 3.8) is 0 Å². The van der Waals surface area contributed by atoms with Crippen molar-refractivity contribution >= 4 is 11.8 Å². The zero-order chi connectivity index (χ0) is 13.1. The highest BCUT2D eigenvalue weighted by Crippen LogP contribution is 2.37. The largest absolute Gasteiger partial charge is 0.356 e. The van der Waals surface area contributed by atoms with Crippen LogP contribution in [0.25, 0.3) is 0 Å². The molecule has 2 atom stereocenters. The summed E-state index contributed by atoms with van der Waals surface area (Å²) < 4.78 is 0. The number of piperidine rings is 1. The summed E-state index contributed by atoms with van der Waals surface area (Å²) in [7, 11) is 0. The lowest BCUT2D eigenvalue weighted by molar-refractivity contribution is 0.367. The van der Waals surface area contributed by atoms with Gasteiger partial charge in [0.25, 0.3) is 0 Å². The Morgan fingerprint density at radius 3 is 2.79 bits per heavy atom. The molecule has 100 valence electrons. The first kappa shape index (κ1) is 12.8. The minimum atomic E-state index is 0.490. The van der Waals surface area contributed by atoms with Crippen molar-refractivity contribution in [2.45, 2.75) is 29.8 Å². The zero-order valence-corrected chi connectivity index (χ0v) is 12.0. The standard InChI is InChI=1S/C16H20N2S/c1-19-16-14(8-10-18-16)13-7-9-17-15(11-13)12-5-3-2-4-6-12/h2-6,8,10,13,15,17-18H,7,9,11H2,1H3. The molecule has 0 bridgehead atoms. The maximum atomic E-state index is 3.65. The molecule has 0 radical (unpaired) electrons. The Kier molecular flexibility index (Phi) is 3.95. The molecule has 0 spiro atoms. The van der Waals surface area contributed by atoms with Crippen LogP contribution in [0.2, 0.25) is 0 Å². The molecule has 0 saturated carbocycles. The smallest absolute Gasteiger partial charge is 0.0754 e. The van der Waals surface area contributed by atoms with E-state index in [2.05, 4.69) is 59.2 Å². The summed E-state index contributed by atoms with van der Waals surface area (Å²) in [4.78, 5) is 3.35. The molecule has 0 amide bonds. The number of aromatic amines is 1. The number of benzene rings is 1. The van der Waals surface area contributed by atoms with E-state index in [4.69, 9.17) is 0 Å². The van der Waals surface area contributed by atoms with E-state index >= 15 is 0 Å². The molecule has 3 rings (SSSR count). The zero-order valence-electron chi connectivity index (χ0n) is 11.2. The Bertz CT molecular complexity index is 521. The molecule has 1 aliphatic rings. The van der Waals surface area contributed by atoms with Crippen molar-refractivity contribution in [1.29, 1.82) is 0 Å². The predicted molar refractivity (Wildman–Crippen MR) is 81.7 cm³/mol. The maximum absolute atomic E-state index is 3.65. The molecule has 1 aliphatic heterocycles. The molecule has 2 aromatic rings. The van der Waals surface area contributed by atoms with E-state index in [1.54, 1.807) is 0 Å². The third-order valence-corrected chi connectivity index (χ3v) is 4.75. The van der Waals surface area contributed by atoms with Crippen LogP contribution < -0.4 is 5.32 Å². The van der Waals surface area contributed by atoms with Gasteiger partial charge in [0.05, 0.1) is 5.03 Å². The molecular weight excluding hydrogens is 252 g/mol. The first-order chi connectivity index (χ1) is 9.38. The first-order valence-electron chi connectivity index (χ1n) is 6.88. The van der Waals surface area contributed by atoms with E-state index in [1.807, 2.05) is 11.8 Å². The van der Waals surface area contributed by atoms with E-state index in [-0.39, 0.29) is 0 Å². The molecule has 0 aliphatic carbocycles. The van der Waals surface area contributed by atoms with Crippen molar-refractivity contribution in [3.05, 3.63) is 53.7 Å². The van der Waals surface area contributed by atoms with Gasteiger partial charge in [0.15, 0.2) is 0 Å². The van der Waals surface area contributed by atoms with Gasteiger partial charge in [-0.3, -0.25) is 0 Å². The van der Waals surface area contributed by atoms with Gasteiger partial charge in [-0.1, -0.05) is 30.3 Å². The summed E-state index contributed by atoms with van der Waals surface area (Å²) in [6, 6.07) is 13.5. The Morgan fingerprint density at radius 1 is 1.16 bits per heavy atom. The fraction of sp³-hybridized carbons (Fsp3) is 0.375. The third kappa shape index (κ3) is 2.72. The average Bonchev–Trinajstić information content (AvgIpc) is 2.97. The van der Waals surface area contributed by atoms with E-state index in [9.17, 15) is 0 Å². The SMILES string of the molecule is CSc1[nH]ccc1C1CCNC(c2ccccc2)C1. The molecule has 19 heavy (non-hydrogen) atoms. The van der Waals surface area contributed by atoms with Crippen LogP contribution in [0.15, 0.2) is 47.6 Å². The van der Waals surface area contributed by atoms with Crippen LogP contribution in [-0.4, -0.2) is 17.8 Å². The minimum Gasteiger partial charge on any atom is -0.356 e. The van der Waals surface area contributed by atoms with Crippen molar-refractivity contribution < 1.29 is 0 Å². The second-order valence-electron chi connectivity index (χ2n) is 5.10. The van der Waals surface area contributed by atoms with Gasteiger partial charge in [0.1, 0.15) is 0 Å². The number of nitrogens with one attached hydrogen (secondary N) is 2. The van der Waals surface area contributed by atoms with Gasteiger partial charge in [-0.05, 0) is 48.8 Å². The Balaban J connectivity index is 1.79. The van der Waals surface area contributed by atoms with Crippen LogP contribution in [0.3, 0.4) is 0 Å². The van der Waals surface area contributed by atoms with Crippen LogP contribution >= 0.6 is 11.8 Å². The van der Waals surface area contributed by atoms with Gasteiger partial charge in [-0.15, -0.1) is 11.8 Å². The van der Waals surface area contributed by atoms with Crippen LogP contribution in [0, 0.1) is 0 Å². The van der Waals surface area contributed by atoms with Crippen molar-refractivity contribution in [2.24, 2.45) is 0 Å². The first-order valence-corrected chi connectivity index (χ1v) is 8.10. The molecule has 3 heteroatoms. The summed E-state index contributed by atoms with van der Waals surface area (Å²) in [5.41, 5.74) is 2.91. The highest BCUT2D eigenvalue weighted by atomic mass is 32.2. The third-order valence-electron chi connectivity index (χ3n) is 3.99. The molecule has 1 aromatic heterocycles.